The van der Waals surface area contributed by atoms with Crippen LogP contribution >= 0.6 is 11.8 Å². The van der Waals surface area contributed by atoms with Crippen molar-refractivity contribution in [2.75, 3.05) is 31.1 Å². The molecule has 2 N–H and O–H groups in total. The molecule has 1 heterocycles. The van der Waals surface area contributed by atoms with Gasteiger partial charge in [-0.1, -0.05) is 31.2 Å². The molecule has 2 nitrogen and oxygen atoms in total. The monoisotopic (exact) mass is 250 g/mol. The Labute approximate surface area is 109 Å². The highest BCUT2D eigenvalue weighted by Crippen LogP contribution is 2.28. The van der Waals surface area contributed by atoms with Crippen molar-refractivity contribution in [3.8, 4) is 0 Å². The molecule has 0 bridgehead atoms. The third kappa shape index (κ3) is 3.03. The molecule has 0 aliphatic carbocycles. The number of hydrogen-bond donors (Lipinski definition) is 1. The molecule has 0 saturated carbocycles. The summed E-state index contributed by atoms with van der Waals surface area (Å²) >= 11 is 2.01. The number of thioether (sulfide) groups is 1. The van der Waals surface area contributed by atoms with E-state index in [1.807, 2.05) is 11.8 Å². The molecule has 0 fully saturated rings. The molecule has 1 aliphatic rings. The van der Waals surface area contributed by atoms with Gasteiger partial charge in [0.2, 0.25) is 0 Å². The van der Waals surface area contributed by atoms with Crippen molar-refractivity contribution in [2.24, 2.45) is 5.73 Å². The third-order valence-corrected chi connectivity index (χ3v) is 4.35. The Morgan fingerprint density at radius 3 is 3.00 bits per heavy atom. The molecule has 1 aliphatic heterocycles. The van der Waals surface area contributed by atoms with Crippen LogP contribution in [0.1, 0.15) is 24.1 Å². The second-order valence-electron chi connectivity index (χ2n) is 4.43. The molecule has 1 atom stereocenters. The molecule has 0 spiro atoms. The van der Waals surface area contributed by atoms with Crippen molar-refractivity contribution in [2.45, 2.75) is 19.4 Å². The van der Waals surface area contributed by atoms with Crippen LogP contribution in [0.2, 0.25) is 0 Å². The van der Waals surface area contributed by atoms with Crippen molar-refractivity contribution in [1.82, 2.24) is 4.90 Å². The highest BCUT2D eigenvalue weighted by molar-refractivity contribution is 7.99. The van der Waals surface area contributed by atoms with Gasteiger partial charge in [0.1, 0.15) is 0 Å². The first-order valence-corrected chi connectivity index (χ1v) is 7.62. The minimum atomic E-state index is 0.428. The van der Waals surface area contributed by atoms with Crippen LogP contribution < -0.4 is 5.73 Å². The Morgan fingerprint density at radius 1 is 1.41 bits per heavy atom. The predicted octanol–water partition coefficient (Wildman–Crippen LogP) is 2.30. The summed E-state index contributed by atoms with van der Waals surface area (Å²) in [7, 11) is 0. The third-order valence-electron chi connectivity index (χ3n) is 3.47. The zero-order chi connectivity index (χ0) is 12.1. The summed E-state index contributed by atoms with van der Waals surface area (Å²) in [6.07, 6.45) is 1.17. The topological polar surface area (TPSA) is 29.3 Å². The van der Waals surface area contributed by atoms with Gasteiger partial charge >= 0.3 is 0 Å². The maximum absolute atomic E-state index is 5.96. The summed E-state index contributed by atoms with van der Waals surface area (Å²) in [4.78, 5) is 2.55. The Balaban J connectivity index is 2.06. The summed E-state index contributed by atoms with van der Waals surface area (Å²) < 4.78 is 0. The number of hydrogen-bond acceptors (Lipinski definition) is 3. The smallest absolute Gasteiger partial charge is 0.0473 e. The summed E-state index contributed by atoms with van der Waals surface area (Å²) in [5.74, 6) is 2.42. The molecule has 0 saturated heterocycles. The fourth-order valence-electron chi connectivity index (χ4n) is 2.57. The van der Waals surface area contributed by atoms with Gasteiger partial charge in [-0.2, -0.15) is 11.8 Å². The number of fused-ring (bicyclic) bond motifs is 1. The van der Waals surface area contributed by atoms with E-state index >= 15 is 0 Å². The first kappa shape index (κ1) is 12.9. The van der Waals surface area contributed by atoms with E-state index in [2.05, 4.69) is 36.1 Å². The molecule has 17 heavy (non-hydrogen) atoms. The van der Waals surface area contributed by atoms with Crippen molar-refractivity contribution < 1.29 is 0 Å². The predicted molar refractivity (Wildman–Crippen MR) is 76.5 cm³/mol. The normalized spacial score (nSPS) is 20.2. The van der Waals surface area contributed by atoms with Crippen LogP contribution in [0.25, 0.3) is 0 Å². The van der Waals surface area contributed by atoms with Crippen molar-refractivity contribution in [1.29, 1.82) is 0 Å². The van der Waals surface area contributed by atoms with E-state index in [9.17, 15) is 0 Å². The first-order valence-electron chi connectivity index (χ1n) is 6.46. The van der Waals surface area contributed by atoms with E-state index in [0.29, 0.717) is 6.04 Å². The van der Waals surface area contributed by atoms with Crippen LogP contribution in [0, 0.1) is 0 Å². The van der Waals surface area contributed by atoms with E-state index in [1.54, 1.807) is 0 Å². The van der Waals surface area contributed by atoms with Gasteiger partial charge in [-0.3, -0.25) is 4.90 Å². The lowest BCUT2D eigenvalue weighted by molar-refractivity contribution is 0.202. The van der Waals surface area contributed by atoms with Crippen molar-refractivity contribution in [3.63, 3.8) is 0 Å². The molecule has 0 amide bonds. The van der Waals surface area contributed by atoms with Crippen LogP contribution in [-0.2, 0) is 6.42 Å². The molecule has 1 aromatic rings. The molecule has 94 valence electrons. The molecule has 1 aromatic carbocycles. The molecule has 0 radical (unpaired) electrons. The van der Waals surface area contributed by atoms with E-state index < -0.39 is 0 Å². The molecule has 0 aromatic heterocycles. The second kappa shape index (κ2) is 6.43. The Bertz CT molecular complexity index is 354. The summed E-state index contributed by atoms with van der Waals surface area (Å²) in [6, 6.07) is 9.18. The average molecular weight is 250 g/mol. The first-order chi connectivity index (χ1) is 8.36. The van der Waals surface area contributed by atoms with E-state index in [-0.39, 0.29) is 0 Å². The van der Waals surface area contributed by atoms with Gasteiger partial charge in [-0.25, -0.2) is 0 Å². The van der Waals surface area contributed by atoms with Gasteiger partial charge in [0, 0.05) is 31.4 Å². The summed E-state index contributed by atoms with van der Waals surface area (Å²) in [6.45, 7) is 5.27. The van der Waals surface area contributed by atoms with Crippen molar-refractivity contribution >= 4 is 11.8 Å². The van der Waals surface area contributed by atoms with E-state index in [4.69, 9.17) is 5.73 Å². The van der Waals surface area contributed by atoms with Gasteiger partial charge in [-0.05, 0) is 23.3 Å². The molecular weight excluding hydrogens is 228 g/mol. The van der Waals surface area contributed by atoms with Crippen LogP contribution in [0.3, 0.4) is 0 Å². The molecular formula is C14H22N2S. The highest BCUT2D eigenvalue weighted by Gasteiger charge is 2.25. The summed E-state index contributed by atoms with van der Waals surface area (Å²) in [5.41, 5.74) is 8.90. The lowest BCUT2D eigenvalue weighted by atomic mass is 9.93. The molecule has 2 rings (SSSR count). The maximum Gasteiger partial charge on any atom is 0.0473 e. The Hall–Kier alpha value is -0.510. The fraction of sp³-hybridized carbons (Fsp3) is 0.571. The second-order valence-corrected chi connectivity index (χ2v) is 5.83. The lowest BCUT2D eigenvalue weighted by Gasteiger charge is -2.36. The molecule has 1 unspecified atom stereocenters. The quantitative estimate of drug-likeness (QED) is 0.813. The zero-order valence-corrected chi connectivity index (χ0v) is 11.4. The van der Waals surface area contributed by atoms with Crippen LogP contribution in [-0.4, -0.2) is 36.0 Å². The minimum Gasteiger partial charge on any atom is -0.329 e. The van der Waals surface area contributed by atoms with Crippen LogP contribution in [0.5, 0.6) is 0 Å². The minimum absolute atomic E-state index is 0.428. The standard InChI is InChI=1S/C14H22N2S/c1-2-17-10-9-16-8-7-12-5-3-4-6-13(12)14(16)11-15/h3-6,14H,2,7-11,15H2,1H3. The zero-order valence-electron chi connectivity index (χ0n) is 10.6. The van der Waals surface area contributed by atoms with E-state index in [0.717, 1.165) is 19.6 Å². The van der Waals surface area contributed by atoms with Crippen molar-refractivity contribution in [3.05, 3.63) is 35.4 Å². The Morgan fingerprint density at radius 2 is 2.24 bits per heavy atom. The maximum atomic E-state index is 5.96. The van der Waals surface area contributed by atoms with Gasteiger partial charge in [0.15, 0.2) is 0 Å². The SMILES string of the molecule is CCSCCN1CCc2ccccc2C1CN. The van der Waals surface area contributed by atoms with Gasteiger partial charge in [0.05, 0.1) is 0 Å². The molecule has 3 heteroatoms. The largest absolute Gasteiger partial charge is 0.329 e. The van der Waals surface area contributed by atoms with Crippen LogP contribution in [0.4, 0.5) is 0 Å². The summed E-state index contributed by atoms with van der Waals surface area (Å²) in [5, 5.41) is 0. The number of nitrogens with zero attached hydrogens (tertiary/aromatic N) is 1. The fourth-order valence-corrected chi connectivity index (χ4v) is 3.23. The number of benzene rings is 1. The number of rotatable bonds is 5. The Kier molecular flexibility index (Phi) is 4.89. The van der Waals surface area contributed by atoms with E-state index in [1.165, 1.54) is 29.1 Å². The van der Waals surface area contributed by atoms with Crippen LogP contribution in [0.15, 0.2) is 24.3 Å². The lowest BCUT2D eigenvalue weighted by Crippen LogP contribution is -2.40. The van der Waals surface area contributed by atoms with Gasteiger partial charge < -0.3 is 5.73 Å². The van der Waals surface area contributed by atoms with Gasteiger partial charge in [-0.15, -0.1) is 0 Å². The highest BCUT2D eigenvalue weighted by atomic mass is 32.2. The van der Waals surface area contributed by atoms with Gasteiger partial charge in [0.25, 0.3) is 0 Å². The average Bonchev–Trinajstić information content (AvgIpc) is 2.38. The number of nitrogens with two attached hydrogens (primary N) is 1.